The summed E-state index contributed by atoms with van der Waals surface area (Å²) in [5.74, 6) is 0.171. The molecule has 1 saturated carbocycles. The van der Waals surface area contributed by atoms with Crippen molar-refractivity contribution in [1.29, 1.82) is 0 Å². The Morgan fingerprint density at radius 1 is 1.22 bits per heavy atom. The Morgan fingerprint density at radius 3 is 2.63 bits per heavy atom. The predicted molar refractivity (Wildman–Crippen MR) is 109 cm³/mol. The number of aryl methyl sites for hydroxylation is 1. The number of rotatable bonds is 6. The highest BCUT2D eigenvalue weighted by atomic mass is 35.5. The van der Waals surface area contributed by atoms with Crippen LogP contribution in [0.3, 0.4) is 0 Å². The average Bonchev–Trinajstić information content (AvgIpc) is 2.94. The minimum atomic E-state index is -0.332. The minimum Gasteiger partial charge on any atom is -0.462 e. The predicted octanol–water partition coefficient (Wildman–Crippen LogP) is 5.68. The number of carbonyl (C=O) groups excluding carboxylic acids is 1. The van der Waals surface area contributed by atoms with Crippen LogP contribution in [0.1, 0.15) is 48.9 Å². The Labute approximate surface area is 170 Å². The monoisotopic (exact) mass is 406 g/mol. The lowest BCUT2D eigenvalue weighted by Gasteiger charge is -2.20. The minimum absolute atomic E-state index is 0.332. The molecule has 1 fully saturated rings. The van der Waals surface area contributed by atoms with Gasteiger partial charge in [-0.05, 0) is 49.5 Å². The van der Waals surface area contributed by atoms with Crippen LogP contribution < -0.4 is 0 Å². The van der Waals surface area contributed by atoms with Crippen LogP contribution in [0.2, 0.25) is 10.2 Å². The first kappa shape index (κ1) is 20.0. The molecule has 1 heterocycles. The van der Waals surface area contributed by atoms with E-state index in [9.17, 15) is 4.79 Å². The van der Waals surface area contributed by atoms with Crippen LogP contribution in [-0.4, -0.2) is 22.4 Å². The number of ether oxygens (including phenoxy) is 1. The van der Waals surface area contributed by atoms with Crippen LogP contribution in [0.15, 0.2) is 30.3 Å². The molecule has 0 N–H and O–H groups in total. The number of benzene rings is 1. The molecule has 0 bridgehead atoms. The van der Waals surface area contributed by atoms with Gasteiger partial charge < -0.3 is 4.74 Å². The number of esters is 1. The maximum Gasteiger partial charge on any atom is 0.330 e. The quantitative estimate of drug-likeness (QED) is 0.457. The molecule has 6 heteroatoms. The van der Waals surface area contributed by atoms with E-state index in [1.54, 1.807) is 10.8 Å². The third-order valence-corrected chi connectivity index (χ3v) is 5.58. The molecule has 0 saturated heterocycles. The van der Waals surface area contributed by atoms with Gasteiger partial charge in [0, 0.05) is 16.7 Å². The fraction of sp³-hybridized carbons (Fsp3) is 0.429. The highest BCUT2D eigenvalue weighted by Crippen LogP contribution is 2.24. The Hall–Kier alpha value is -1.78. The molecule has 1 aromatic heterocycles. The maximum atomic E-state index is 12.0. The van der Waals surface area contributed by atoms with Gasteiger partial charge in [0.2, 0.25) is 0 Å². The highest BCUT2D eigenvalue weighted by Gasteiger charge is 2.15. The Morgan fingerprint density at radius 2 is 1.93 bits per heavy atom. The molecular formula is C21H24Cl2N2O2. The van der Waals surface area contributed by atoms with Gasteiger partial charge in [0.15, 0.2) is 0 Å². The van der Waals surface area contributed by atoms with Crippen molar-refractivity contribution in [2.24, 2.45) is 5.92 Å². The number of aromatic nitrogens is 2. The summed E-state index contributed by atoms with van der Waals surface area (Å²) in [4.78, 5) is 12.0. The molecule has 0 spiro atoms. The van der Waals surface area contributed by atoms with Gasteiger partial charge in [0.05, 0.1) is 18.8 Å². The summed E-state index contributed by atoms with van der Waals surface area (Å²) in [6, 6.07) is 7.55. The van der Waals surface area contributed by atoms with Crippen molar-refractivity contribution in [1.82, 2.24) is 9.78 Å². The van der Waals surface area contributed by atoms with Gasteiger partial charge in [-0.2, -0.15) is 5.10 Å². The van der Waals surface area contributed by atoms with Crippen molar-refractivity contribution in [3.05, 3.63) is 57.3 Å². The van der Waals surface area contributed by atoms with Gasteiger partial charge in [-0.25, -0.2) is 9.48 Å². The Balaban J connectivity index is 1.60. The van der Waals surface area contributed by atoms with Crippen LogP contribution >= 0.6 is 23.2 Å². The van der Waals surface area contributed by atoms with Gasteiger partial charge in [0.25, 0.3) is 0 Å². The number of hydrogen-bond acceptors (Lipinski definition) is 3. The third-order valence-electron chi connectivity index (χ3n) is 4.93. The van der Waals surface area contributed by atoms with Gasteiger partial charge >= 0.3 is 5.97 Å². The third kappa shape index (κ3) is 5.60. The van der Waals surface area contributed by atoms with E-state index >= 15 is 0 Å². The van der Waals surface area contributed by atoms with Crippen LogP contribution in [0, 0.1) is 12.8 Å². The van der Waals surface area contributed by atoms with Crippen molar-refractivity contribution >= 4 is 35.2 Å². The zero-order valence-corrected chi connectivity index (χ0v) is 17.0. The number of nitrogens with zero attached hydrogens (tertiary/aromatic N) is 2. The van der Waals surface area contributed by atoms with Gasteiger partial charge in [-0.15, -0.1) is 0 Å². The molecule has 27 heavy (non-hydrogen) atoms. The molecule has 0 amide bonds. The smallest absolute Gasteiger partial charge is 0.330 e. The summed E-state index contributed by atoms with van der Waals surface area (Å²) in [5.41, 5.74) is 2.55. The average molecular weight is 407 g/mol. The van der Waals surface area contributed by atoms with Crippen LogP contribution in [0.25, 0.3) is 6.08 Å². The van der Waals surface area contributed by atoms with E-state index < -0.39 is 0 Å². The summed E-state index contributed by atoms with van der Waals surface area (Å²) < 4.78 is 7.10. The van der Waals surface area contributed by atoms with E-state index in [4.69, 9.17) is 27.9 Å². The SMILES string of the molecule is Cc1nn(Cc2ccc(Cl)cc2)c(Cl)c1/C=C/C(=O)OCC1CCCCC1. The molecule has 1 aromatic carbocycles. The molecule has 4 nitrogen and oxygen atoms in total. The molecule has 0 aliphatic heterocycles. The second kappa shape index (κ2) is 9.43. The molecule has 0 radical (unpaired) electrons. The normalized spacial score (nSPS) is 15.4. The fourth-order valence-corrected chi connectivity index (χ4v) is 3.80. The van der Waals surface area contributed by atoms with Crippen molar-refractivity contribution < 1.29 is 9.53 Å². The van der Waals surface area contributed by atoms with Crippen LogP contribution in [0.5, 0.6) is 0 Å². The lowest BCUT2D eigenvalue weighted by atomic mass is 9.90. The largest absolute Gasteiger partial charge is 0.462 e. The molecule has 3 rings (SSSR count). The zero-order valence-electron chi connectivity index (χ0n) is 15.5. The van der Waals surface area contributed by atoms with Gasteiger partial charge in [-0.1, -0.05) is 54.6 Å². The van der Waals surface area contributed by atoms with Gasteiger partial charge in [0.1, 0.15) is 5.15 Å². The van der Waals surface area contributed by atoms with E-state index in [2.05, 4.69) is 5.10 Å². The second-order valence-corrected chi connectivity index (χ2v) is 7.84. The standard InChI is InChI=1S/C21H24Cl2N2O2/c1-15-19(11-12-20(26)27-14-17-5-3-2-4-6-17)21(23)25(24-15)13-16-7-9-18(22)10-8-16/h7-12,17H,2-6,13-14H2,1H3/b12-11+. The summed E-state index contributed by atoms with van der Waals surface area (Å²) in [5, 5.41) is 5.66. The van der Waals surface area contributed by atoms with E-state index in [1.807, 2.05) is 31.2 Å². The first-order valence-corrected chi connectivity index (χ1v) is 10.1. The lowest BCUT2D eigenvalue weighted by molar-refractivity contribution is -0.139. The zero-order chi connectivity index (χ0) is 19.2. The Bertz CT molecular complexity index is 806. The number of hydrogen-bond donors (Lipinski definition) is 0. The first-order chi connectivity index (χ1) is 13.0. The summed E-state index contributed by atoms with van der Waals surface area (Å²) in [6.07, 6.45) is 9.19. The lowest BCUT2D eigenvalue weighted by Crippen LogP contribution is -2.15. The van der Waals surface area contributed by atoms with Crippen molar-refractivity contribution in [2.45, 2.75) is 45.6 Å². The van der Waals surface area contributed by atoms with E-state index in [1.165, 1.54) is 25.3 Å². The van der Waals surface area contributed by atoms with E-state index in [0.717, 1.165) is 29.7 Å². The second-order valence-electron chi connectivity index (χ2n) is 7.04. The highest BCUT2D eigenvalue weighted by molar-refractivity contribution is 6.31. The molecule has 0 atom stereocenters. The topological polar surface area (TPSA) is 44.1 Å². The number of halogens is 2. The molecule has 1 aliphatic rings. The maximum absolute atomic E-state index is 12.0. The van der Waals surface area contributed by atoms with E-state index in [-0.39, 0.29) is 5.97 Å². The van der Waals surface area contributed by atoms with Gasteiger partial charge in [-0.3, -0.25) is 0 Å². The number of carbonyl (C=O) groups is 1. The summed E-state index contributed by atoms with van der Waals surface area (Å²) >= 11 is 12.4. The first-order valence-electron chi connectivity index (χ1n) is 9.35. The molecular weight excluding hydrogens is 383 g/mol. The van der Waals surface area contributed by atoms with E-state index in [0.29, 0.717) is 29.2 Å². The van der Waals surface area contributed by atoms with Crippen molar-refractivity contribution in [3.8, 4) is 0 Å². The molecule has 144 valence electrons. The van der Waals surface area contributed by atoms with Crippen LogP contribution in [0.4, 0.5) is 0 Å². The Kier molecular flexibility index (Phi) is 6.97. The van der Waals surface area contributed by atoms with Crippen LogP contribution in [-0.2, 0) is 16.1 Å². The summed E-state index contributed by atoms with van der Waals surface area (Å²) in [7, 11) is 0. The molecule has 2 aromatic rings. The molecule has 1 aliphatic carbocycles. The fourth-order valence-electron chi connectivity index (χ4n) is 3.38. The van der Waals surface area contributed by atoms with Crippen molar-refractivity contribution in [3.63, 3.8) is 0 Å². The molecule has 0 unspecified atom stereocenters. The summed E-state index contributed by atoms with van der Waals surface area (Å²) in [6.45, 7) is 2.92. The van der Waals surface area contributed by atoms with Crippen molar-refractivity contribution in [2.75, 3.05) is 6.61 Å².